The van der Waals surface area contributed by atoms with E-state index < -0.39 is 5.60 Å². The van der Waals surface area contributed by atoms with Gasteiger partial charge in [0.1, 0.15) is 0 Å². The average Bonchev–Trinajstić information content (AvgIpc) is 2.26. The van der Waals surface area contributed by atoms with Crippen LogP contribution in [0.4, 0.5) is 0 Å². The van der Waals surface area contributed by atoms with Gasteiger partial charge in [-0.25, -0.2) is 0 Å². The molecule has 0 aromatic carbocycles. The molecule has 0 bridgehead atoms. The van der Waals surface area contributed by atoms with Crippen LogP contribution in [-0.4, -0.2) is 21.9 Å². The van der Waals surface area contributed by atoms with Crippen molar-refractivity contribution in [3.63, 3.8) is 0 Å². The molecule has 0 saturated heterocycles. The molecular formula is C15H32O2. The summed E-state index contributed by atoms with van der Waals surface area (Å²) in [7, 11) is 0. The van der Waals surface area contributed by atoms with Crippen LogP contribution in [-0.2, 0) is 0 Å². The van der Waals surface area contributed by atoms with Crippen LogP contribution in [0, 0.1) is 5.92 Å². The number of hydrogen-bond donors (Lipinski definition) is 2. The SMILES string of the molecule is CCCC(O)C(CCC)C(O)(CCC)CCC. The molecule has 2 unspecified atom stereocenters. The molecule has 0 aliphatic carbocycles. The third kappa shape index (κ3) is 5.39. The lowest BCUT2D eigenvalue weighted by molar-refractivity contribution is -0.0885. The largest absolute Gasteiger partial charge is 0.393 e. The predicted octanol–water partition coefficient (Wildman–Crippen LogP) is 3.90. The van der Waals surface area contributed by atoms with Gasteiger partial charge in [-0.05, 0) is 25.7 Å². The van der Waals surface area contributed by atoms with Crippen molar-refractivity contribution in [3.05, 3.63) is 0 Å². The standard InChI is InChI=1S/C15H32O2/c1-5-9-13(14(16)10-6-2)15(17,11-7-3)12-8-4/h13-14,16-17H,5-12H2,1-4H3. The van der Waals surface area contributed by atoms with Crippen LogP contribution in [0.25, 0.3) is 0 Å². The molecule has 0 saturated carbocycles. The summed E-state index contributed by atoms with van der Waals surface area (Å²) in [6, 6.07) is 0. The maximum atomic E-state index is 10.8. The highest BCUT2D eigenvalue weighted by atomic mass is 16.3. The molecule has 0 aromatic heterocycles. The van der Waals surface area contributed by atoms with E-state index in [2.05, 4.69) is 27.7 Å². The molecule has 0 rings (SSSR count). The smallest absolute Gasteiger partial charge is 0.0700 e. The summed E-state index contributed by atoms with van der Waals surface area (Å²) in [5.74, 6) is 0.0485. The highest BCUT2D eigenvalue weighted by molar-refractivity contribution is 4.89. The van der Waals surface area contributed by atoms with Crippen molar-refractivity contribution in [2.24, 2.45) is 5.92 Å². The van der Waals surface area contributed by atoms with Crippen molar-refractivity contribution in [2.45, 2.75) is 90.8 Å². The molecule has 0 fully saturated rings. The molecule has 2 heteroatoms. The van der Waals surface area contributed by atoms with Gasteiger partial charge in [0.2, 0.25) is 0 Å². The van der Waals surface area contributed by atoms with E-state index >= 15 is 0 Å². The molecule has 17 heavy (non-hydrogen) atoms. The minimum atomic E-state index is -0.659. The number of aliphatic hydroxyl groups is 2. The van der Waals surface area contributed by atoms with Crippen LogP contribution in [0.3, 0.4) is 0 Å². The summed E-state index contributed by atoms with van der Waals surface area (Å²) >= 11 is 0. The van der Waals surface area contributed by atoms with Crippen molar-refractivity contribution < 1.29 is 10.2 Å². The van der Waals surface area contributed by atoms with Crippen LogP contribution < -0.4 is 0 Å². The maximum Gasteiger partial charge on any atom is 0.0700 e. The minimum Gasteiger partial charge on any atom is -0.393 e. The average molecular weight is 244 g/mol. The van der Waals surface area contributed by atoms with Crippen molar-refractivity contribution >= 4 is 0 Å². The van der Waals surface area contributed by atoms with Crippen LogP contribution in [0.1, 0.15) is 79.1 Å². The topological polar surface area (TPSA) is 40.5 Å². The Hall–Kier alpha value is -0.0800. The second-order valence-electron chi connectivity index (χ2n) is 5.35. The third-order valence-corrected chi connectivity index (χ3v) is 3.70. The number of aliphatic hydroxyl groups excluding tert-OH is 1. The normalized spacial score (nSPS) is 15.9. The highest BCUT2D eigenvalue weighted by Gasteiger charge is 2.38. The highest BCUT2D eigenvalue weighted by Crippen LogP contribution is 2.35. The Balaban J connectivity index is 4.79. The quantitative estimate of drug-likeness (QED) is 0.612. The fourth-order valence-corrected chi connectivity index (χ4v) is 2.99. The van der Waals surface area contributed by atoms with Gasteiger partial charge in [0.05, 0.1) is 11.7 Å². The van der Waals surface area contributed by atoms with Crippen molar-refractivity contribution in [1.29, 1.82) is 0 Å². The van der Waals surface area contributed by atoms with Crippen molar-refractivity contribution in [1.82, 2.24) is 0 Å². The second-order valence-corrected chi connectivity index (χ2v) is 5.35. The second kappa shape index (κ2) is 8.93. The molecule has 2 atom stereocenters. The fourth-order valence-electron chi connectivity index (χ4n) is 2.99. The van der Waals surface area contributed by atoms with Crippen LogP contribution in [0.5, 0.6) is 0 Å². The van der Waals surface area contributed by atoms with Crippen molar-refractivity contribution in [3.8, 4) is 0 Å². The van der Waals surface area contributed by atoms with E-state index in [0.29, 0.717) is 0 Å². The Morgan fingerprint density at radius 1 is 0.824 bits per heavy atom. The van der Waals surface area contributed by atoms with E-state index in [1.165, 1.54) is 0 Å². The van der Waals surface area contributed by atoms with E-state index in [4.69, 9.17) is 0 Å². The van der Waals surface area contributed by atoms with Gasteiger partial charge < -0.3 is 10.2 Å². The first-order valence-electron chi connectivity index (χ1n) is 7.46. The molecule has 0 aliphatic rings. The summed E-state index contributed by atoms with van der Waals surface area (Å²) in [6.07, 6.45) is 6.99. The third-order valence-electron chi connectivity index (χ3n) is 3.70. The molecule has 0 heterocycles. The van der Waals surface area contributed by atoms with Gasteiger partial charge in [0.15, 0.2) is 0 Å². The monoisotopic (exact) mass is 244 g/mol. The van der Waals surface area contributed by atoms with Crippen LogP contribution >= 0.6 is 0 Å². The van der Waals surface area contributed by atoms with E-state index in [1.54, 1.807) is 0 Å². The predicted molar refractivity (Wildman–Crippen MR) is 74.1 cm³/mol. The van der Waals surface area contributed by atoms with Crippen LogP contribution in [0.2, 0.25) is 0 Å². The molecule has 104 valence electrons. The van der Waals surface area contributed by atoms with Gasteiger partial charge in [-0.3, -0.25) is 0 Å². The van der Waals surface area contributed by atoms with Crippen molar-refractivity contribution in [2.75, 3.05) is 0 Å². The lowest BCUT2D eigenvalue weighted by atomic mass is 9.74. The summed E-state index contributed by atoms with van der Waals surface area (Å²) in [4.78, 5) is 0. The van der Waals surface area contributed by atoms with Gasteiger partial charge >= 0.3 is 0 Å². The first-order chi connectivity index (χ1) is 8.05. The molecule has 0 aromatic rings. The molecular weight excluding hydrogens is 212 g/mol. The first kappa shape index (κ1) is 16.9. The Kier molecular flexibility index (Phi) is 8.89. The molecule has 0 amide bonds. The van der Waals surface area contributed by atoms with Crippen LogP contribution in [0.15, 0.2) is 0 Å². The number of hydrogen-bond acceptors (Lipinski definition) is 2. The van der Waals surface area contributed by atoms with E-state index in [9.17, 15) is 10.2 Å². The number of rotatable bonds is 10. The zero-order valence-corrected chi connectivity index (χ0v) is 12.2. The lowest BCUT2D eigenvalue weighted by Crippen LogP contribution is -2.44. The summed E-state index contributed by atoms with van der Waals surface area (Å²) in [6.45, 7) is 8.43. The molecule has 0 spiro atoms. The van der Waals surface area contributed by atoms with Gasteiger partial charge in [0, 0.05) is 5.92 Å². The summed E-state index contributed by atoms with van der Waals surface area (Å²) in [5.41, 5.74) is -0.659. The van der Waals surface area contributed by atoms with Gasteiger partial charge in [0.25, 0.3) is 0 Å². The zero-order chi connectivity index (χ0) is 13.3. The van der Waals surface area contributed by atoms with Gasteiger partial charge in [-0.15, -0.1) is 0 Å². The van der Waals surface area contributed by atoms with E-state index in [0.717, 1.165) is 51.4 Å². The van der Waals surface area contributed by atoms with Gasteiger partial charge in [-0.2, -0.15) is 0 Å². The Bertz CT molecular complexity index is 174. The molecule has 0 aliphatic heterocycles. The lowest BCUT2D eigenvalue weighted by Gasteiger charge is -2.39. The first-order valence-corrected chi connectivity index (χ1v) is 7.46. The summed E-state index contributed by atoms with van der Waals surface area (Å²) in [5, 5.41) is 21.1. The maximum absolute atomic E-state index is 10.8. The Labute approximate surface area is 107 Å². The van der Waals surface area contributed by atoms with E-state index in [-0.39, 0.29) is 12.0 Å². The minimum absolute atomic E-state index is 0.0485. The fraction of sp³-hybridized carbons (Fsp3) is 1.00. The van der Waals surface area contributed by atoms with E-state index in [1.807, 2.05) is 0 Å². The molecule has 0 radical (unpaired) electrons. The Morgan fingerprint density at radius 3 is 1.65 bits per heavy atom. The molecule has 2 N–H and O–H groups in total. The zero-order valence-electron chi connectivity index (χ0n) is 12.2. The molecule has 2 nitrogen and oxygen atoms in total. The van der Waals surface area contributed by atoms with Gasteiger partial charge in [-0.1, -0.05) is 53.4 Å². The Morgan fingerprint density at radius 2 is 1.29 bits per heavy atom. The summed E-state index contributed by atoms with van der Waals surface area (Å²) < 4.78 is 0.